The molecular weight excluding hydrogens is 210 g/mol. The fraction of sp³-hybridized carbons (Fsp3) is 0.727. The average molecular weight is 228 g/mol. The second-order valence-corrected chi connectivity index (χ2v) is 5.00. The lowest BCUT2D eigenvalue weighted by Gasteiger charge is -2.36. The van der Waals surface area contributed by atoms with E-state index in [-0.39, 0.29) is 0 Å². The minimum atomic E-state index is 0.367. The molecule has 2 N–H and O–H groups in total. The zero-order valence-corrected chi connectivity index (χ0v) is 10.0. The van der Waals surface area contributed by atoms with E-state index in [0.29, 0.717) is 17.9 Å². The molecule has 1 fully saturated rings. The number of aromatic nitrogens is 2. The summed E-state index contributed by atoms with van der Waals surface area (Å²) in [5, 5.41) is 5.13. The Balaban J connectivity index is 2.30. The molecule has 0 saturated heterocycles. The van der Waals surface area contributed by atoms with Crippen LogP contribution in [0.15, 0.2) is 6.20 Å². The van der Waals surface area contributed by atoms with E-state index < -0.39 is 0 Å². The SMILES string of the molecule is CC(C)n1ncc(Cl)c1C1CCC1CN. The van der Waals surface area contributed by atoms with Crippen LogP contribution in [0.4, 0.5) is 0 Å². The quantitative estimate of drug-likeness (QED) is 0.863. The summed E-state index contributed by atoms with van der Waals surface area (Å²) in [5.74, 6) is 1.11. The van der Waals surface area contributed by atoms with E-state index >= 15 is 0 Å². The third-order valence-corrected chi connectivity index (χ3v) is 3.64. The standard InChI is InChI=1S/C11H18ClN3/c1-7(2)15-11(10(12)6-14-15)9-4-3-8(9)5-13/h6-9H,3-5,13H2,1-2H3. The molecule has 1 heterocycles. The van der Waals surface area contributed by atoms with Crippen molar-refractivity contribution < 1.29 is 0 Å². The molecule has 0 bridgehead atoms. The first-order valence-electron chi connectivity index (χ1n) is 5.58. The molecule has 1 aromatic heterocycles. The highest BCUT2D eigenvalue weighted by Crippen LogP contribution is 2.44. The van der Waals surface area contributed by atoms with Crippen molar-refractivity contribution in [2.45, 2.75) is 38.6 Å². The van der Waals surface area contributed by atoms with Crippen LogP contribution in [-0.2, 0) is 0 Å². The van der Waals surface area contributed by atoms with E-state index in [2.05, 4.69) is 18.9 Å². The molecule has 84 valence electrons. The van der Waals surface area contributed by atoms with Gasteiger partial charge in [0.05, 0.1) is 16.9 Å². The number of rotatable bonds is 3. The lowest BCUT2D eigenvalue weighted by Crippen LogP contribution is -2.32. The molecule has 2 atom stereocenters. The van der Waals surface area contributed by atoms with Crippen molar-refractivity contribution in [3.8, 4) is 0 Å². The Morgan fingerprint density at radius 2 is 2.33 bits per heavy atom. The highest BCUT2D eigenvalue weighted by Gasteiger charge is 2.35. The molecule has 1 saturated carbocycles. The Morgan fingerprint density at radius 3 is 2.80 bits per heavy atom. The highest BCUT2D eigenvalue weighted by molar-refractivity contribution is 6.31. The smallest absolute Gasteiger partial charge is 0.0820 e. The van der Waals surface area contributed by atoms with Crippen molar-refractivity contribution in [2.75, 3.05) is 6.54 Å². The minimum Gasteiger partial charge on any atom is -0.330 e. The van der Waals surface area contributed by atoms with Crippen molar-refractivity contribution in [1.29, 1.82) is 0 Å². The molecule has 0 amide bonds. The topological polar surface area (TPSA) is 43.8 Å². The molecule has 0 radical (unpaired) electrons. The number of nitrogens with two attached hydrogens (primary N) is 1. The van der Waals surface area contributed by atoms with Gasteiger partial charge in [0.25, 0.3) is 0 Å². The van der Waals surface area contributed by atoms with Crippen molar-refractivity contribution in [3.63, 3.8) is 0 Å². The van der Waals surface area contributed by atoms with Gasteiger partial charge in [-0.2, -0.15) is 5.10 Å². The zero-order valence-electron chi connectivity index (χ0n) is 9.28. The van der Waals surface area contributed by atoms with E-state index in [9.17, 15) is 0 Å². The predicted octanol–water partition coefficient (Wildman–Crippen LogP) is 2.57. The van der Waals surface area contributed by atoms with Crippen LogP contribution in [0.2, 0.25) is 5.02 Å². The van der Waals surface area contributed by atoms with E-state index in [0.717, 1.165) is 11.6 Å². The largest absolute Gasteiger partial charge is 0.330 e. The molecule has 0 aromatic carbocycles. The lowest BCUT2D eigenvalue weighted by molar-refractivity contribution is 0.246. The molecule has 3 nitrogen and oxygen atoms in total. The van der Waals surface area contributed by atoms with Gasteiger partial charge in [-0.25, -0.2) is 0 Å². The summed E-state index contributed by atoms with van der Waals surface area (Å²) in [5.41, 5.74) is 6.92. The zero-order chi connectivity index (χ0) is 11.0. The van der Waals surface area contributed by atoms with Gasteiger partial charge in [0, 0.05) is 12.0 Å². The summed E-state index contributed by atoms with van der Waals surface area (Å²) in [6.07, 6.45) is 4.17. The Hall–Kier alpha value is -0.540. The van der Waals surface area contributed by atoms with Crippen molar-refractivity contribution in [1.82, 2.24) is 9.78 Å². The van der Waals surface area contributed by atoms with E-state index in [1.54, 1.807) is 6.20 Å². The van der Waals surface area contributed by atoms with Crippen LogP contribution in [0.3, 0.4) is 0 Å². The summed E-state index contributed by atoms with van der Waals surface area (Å²) in [4.78, 5) is 0. The molecular formula is C11H18ClN3. The summed E-state index contributed by atoms with van der Waals surface area (Å²) in [6, 6.07) is 0.367. The molecule has 0 aliphatic heterocycles. The number of halogens is 1. The van der Waals surface area contributed by atoms with Gasteiger partial charge in [-0.1, -0.05) is 11.6 Å². The molecule has 2 unspecified atom stereocenters. The van der Waals surface area contributed by atoms with E-state index in [1.165, 1.54) is 18.5 Å². The maximum Gasteiger partial charge on any atom is 0.0820 e. The second-order valence-electron chi connectivity index (χ2n) is 4.60. The van der Waals surface area contributed by atoms with Gasteiger partial charge in [0.15, 0.2) is 0 Å². The van der Waals surface area contributed by atoms with Gasteiger partial charge in [0.1, 0.15) is 0 Å². The maximum atomic E-state index is 6.19. The third kappa shape index (κ3) is 1.79. The monoisotopic (exact) mass is 227 g/mol. The number of nitrogens with zero attached hydrogens (tertiary/aromatic N) is 2. The highest BCUT2D eigenvalue weighted by atomic mass is 35.5. The van der Waals surface area contributed by atoms with Gasteiger partial charge < -0.3 is 5.73 Å². The Bertz CT molecular complexity index is 344. The molecule has 2 rings (SSSR count). The minimum absolute atomic E-state index is 0.367. The van der Waals surface area contributed by atoms with Crippen molar-refractivity contribution >= 4 is 11.6 Å². The van der Waals surface area contributed by atoms with Crippen LogP contribution in [0.1, 0.15) is 44.3 Å². The van der Waals surface area contributed by atoms with Gasteiger partial charge in [-0.05, 0) is 39.2 Å². The summed E-state index contributed by atoms with van der Waals surface area (Å²) >= 11 is 6.19. The van der Waals surface area contributed by atoms with Crippen LogP contribution in [0.25, 0.3) is 0 Å². The first kappa shape index (κ1) is 11.0. The summed E-state index contributed by atoms with van der Waals surface area (Å²) < 4.78 is 2.04. The molecule has 1 aromatic rings. The van der Waals surface area contributed by atoms with Crippen LogP contribution in [0.5, 0.6) is 0 Å². The van der Waals surface area contributed by atoms with Crippen LogP contribution < -0.4 is 5.73 Å². The molecule has 4 heteroatoms. The van der Waals surface area contributed by atoms with Gasteiger partial charge in [0.2, 0.25) is 0 Å². The van der Waals surface area contributed by atoms with Crippen LogP contribution in [-0.4, -0.2) is 16.3 Å². The number of hydrogen-bond acceptors (Lipinski definition) is 2. The van der Waals surface area contributed by atoms with Crippen LogP contribution in [0, 0.1) is 5.92 Å². The summed E-state index contributed by atoms with van der Waals surface area (Å²) in [6.45, 7) is 5.01. The Morgan fingerprint density at radius 1 is 1.60 bits per heavy atom. The van der Waals surface area contributed by atoms with Crippen molar-refractivity contribution in [2.24, 2.45) is 11.7 Å². The first-order chi connectivity index (χ1) is 7.15. The van der Waals surface area contributed by atoms with Crippen molar-refractivity contribution in [3.05, 3.63) is 16.9 Å². The molecule has 15 heavy (non-hydrogen) atoms. The average Bonchev–Trinajstić information content (AvgIpc) is 2.48. The fourth-order valence-electron chi connectivity index (χ4n) is 2.32. The Kier molecular flexibility index (Phi) is 3.03. The van der Waals surface area contributed by atoms with Gasteiger partial charge in [-0.15, -0.1) is 0 Å². The normalized spacial score (nSPS) is 25.7. The first-order valence-corrected chi connectivity index (χ1v) is 5.96. The third-order valence-electron chi connectivity index (χ3n) is 3.35. The van der Waals surface area contributed by atoms with Crippen LogP contribution >= 0.6 is 11.6 Å². The maximum absolute atomic E-state index is 6.19. The number of hydrogen-bond donors (Lipinski definition) is 1. The molecule has 1 aliphatic rings. The van der Waals surface area contributed by atoms with Gasteiger partial charge in [-0.3, -0.25) is 4.68 Å². The van der Waals surface area contributed by atoms with Gasteiger partial charge >= 0.3 is 0 Å². The van der Waals surface area contributed by atoms with E-state index in [1.807, 2.05) is 4.68 Å². The second kappa shape index (κ2) is 4.14. The molecule has 1 aliphatic carbocycles. The molecule has 0 spiro atoms. The lowest BCUT2D eigenvalue weighted by atomic mass is 9.72. The predicted molar refractivity (Wildman–Crippen MR) is 62.1 cm³/mol. The summed E-state index contributed by atoms with van der Waals surface area (Å²) in [7, 11) is 0. The fourth-order valence-corrected chi connectivity index (χ4v) is 2.59. The van der Waals surface area contributed by atoms with E-state index in [4.69, 9.17) is 17.3 Å². The Labute approximate surface area is 95.6 Å².